The summed E-state index contributed by atoms with van der Waals surface area (Å²) in [6.45, 7) is 0. The van der Waals surface area contributed by atoms with Gasteiger partial charge in [-0.05, 0) is 12.1 Å². The lowest BCUT2D eigenvalue weighted by Crippen LogP contribution is -1.94. The SMILES string of the molecule is COc1cccc(-c2cn3cc(-c4cccc([N+](=O)[O-])c4)n(C)c3n2)c1. The van der Waals surface area contributed by atoms with Gasteiger partial charge in [0.25, 0.3) is 5.69 Å². The molecule has 0 spiro atoms. The van der Waals surface area contributed by atoms with Gasteiger partial charge in [0.2, 0.25) is 5.78 Å². The number of hydrogen-bond donors (Lipinski definition) is 0. The maximum absolute atomic E-state index is 11.0. The van der Waals surface area contributed by atoms with Gasteiger partial charge >= 0.3 is 0 Å². The van der Waals surface area contributed by atoms with Crippen LogP contribution in [0, 0.1) is 10.1 Å². The predicted molar refractivity (Wildman–Crippen MR) is 98.2 cm³/mol. The van der Waals surface area contributed by atoms with Crippen LogP contribution in [-0.4, -0.2) is 26.0 Å². The molecule has 2 aromatic carbocycles. The topological polar surface area (TPSA) is 74.6 Å². The first kappa shape index (κ1) is 15.9. The van der Waals surface area contributed by atoms with Gasteiger partial charge in [0, 0.05) is 42.7 Å². The standard InChI is InChI=1S/C19H16N4O3/c1-21-18(14-6-3-7-15(9-14)23(24)25)12-22-11-17(20-19(21)22)13-5-4-8-16(10-13)26-2/h3-12H,1-2H3. The Hall–Kier alpha value is -3.61. The molecule has 0 saturated heterocycles. The number of nitro benzene ring substituents is 1. The highest BCUT2D eigenvalue weighted by atomic mass is 16.6. The van der Waals surface area contributed by atoms with Gasteiger partial charge in [-0.1, -0.05) is 24.3 Å². The smallest absolute Gasteiger partial charge is 0.270 e. The normalized spacial score (nSPS) is 11.0. The highest BCUT2D eigenvalue weighted by Crippen LogP contribution is 2.28. The minimum atomic E-state index is -0.390. The molecule has 0 atom stereocenters. The number of methoxy groups -OCH3 is 1. The molecule has 4 aromatic rings. The molecule has 0 unspecified atom stereocenters. The van der Waals surface area contributed by atoms with Gasteiger partial charge in [-0.3, -0.25) is 14.5 Å². The van der Waals surface area contributed by atoms with E-state index in [-0.39, 0.29) is 5.69 Å². The van der Waals surface area contributed by atoms with Gasteiger partial charge in [0.1, 0.15) is 5.75 Å². The molecule has 0 saturated carbocycles. The first-order valence-electron chi connectivity index (χ1n) is 8.00. The summed E-state index contributed by atoms with van der Waals surface area (Å²) in [5.74, 6) is 1.53. The summed E-state index contributed by atoms with van der Waals surface area (Å²) < 4.78 is 9.11. The maximum Gasteiger partial charge on any atom is 0.270 e. The Labute approximate surface area is 149 Å². The number of benzene rings is 2. The molecule has 0 radical (unpaired) electrons. The number of ether oxygens (including phenoxy) is 1. The number of aryl methyl sites for hydroxylation is 1. The fourth-order valence-corrected chi connectivity index (χ4v) is 3.02. The molecule has 130 valence electrons. The summed E-state index contributed by atoms with van der Waals surface area (Å²) in [5, 5.41) is 11.0. The van der Waals surface area contributed by atoms with Gasteiger partial charge in [-0.2, -0.15) is 0 Å². The fourth-order valence-electron chi connectivity index (χ4n) is 3.02. The average Bonchev–Trinajstić information content (AvgIpc) is 3.21. The molecular weight excluding hydrogens is 332 g/mol. The molecule has 26 heavy (non-hydrogen) atoms. The molecule has 7 heteroatoms. The lowest BCUT2D eigenvalue weighted by molar-refractivity contribution is -0.384. The molecule has 0 bridgehead atoms. The fraction of sp³-hybridized carbons (Fsp3) is 0.105. The van der Waals surface area contributed by atoms with Crippen molar-refractivity contribution in [2.24, 2.45) is 7.05 Å². The van der Waals surface area contributed by atoms with Crippen molar-refractivity contribution >= 4 is 11.5 Å². The summed E-state index contributed by atoms with van der Waals surface area (Å²) in [6.07, 6.45) is 3.86. The number of aromatic nitrogens is 3. The Kier molecular flexibility index (Phi) is 3.69. The van der Waals surface area contributed by atoms with Crippen LogP contribution in [0.4, 0.5) is 5.69 Å². The van der Waals surface area contributed by atoms with Gasteiger partial charge in [-0.25, -0.2) is 4.98 Å². The number of nitro groups is 1. The molecule has 4 rings (SSSR count). The van der Waals surface area contributed by atoms with Crippen LogP contribution in [0.25, 0.3) is 28.3 Å². The van der Waals surface area contributed by atoms with Crippen LogP contribution in [0.5, 0.6) is 5.75 Å². The van der Waals surface area contributed by atoms with Crippen molar-refractivity contribution in [2.45, 2.75) is 0 Å². The lowest BCUT2D eigenvalue weighted by Gasteiger charge is -2.03. The number of rotatable bonds is 4. The molecule has 0 amide bonds. The Morgan fingerprint density at radius 1 is 1.08 bits per heavy atom. The van der Waals surface area contributed by atoms with Gasteiger partial charge < -0.3 is 9.30 Å². The van der Waals surface area contributed by atoms with E-state index in [1.807, 2.05) is 58.7 Å². The van der Waals surface area contributed by atoms with Crippen molar-refractivity contribution in [1.29, 1.82) is 0 Å². The first-order chi connectivity index (χ1) is 12.6. The van der Waals surface area contributed by atoms with Crippen LogP contribution in [0.1, 0.15) is 0 Å². The van der Waals surface area contributed by atoms with E-state index in [1.54, 1.807) is 19.2 Å². The highest BCUT2D eigenvalue weighted by Gasteiger charge is 2.14. The molecule has 0 N–H and O–H groups in total. The second kappa shape index (κ2) is 6.03. The summed E-state index contributed by atoms with van der Waals surface area (Å²) >= 11 is 0. The zero-order valence-electron chi connectivity index (χ0n) is 14.3. The van der Waals surface area contributed by atoms with E-state index in [4.69, 9.17) is 9.72 Å². The van der Waals surface area contributed by atoms with Crippen LogP contribution in [0.3, 0.4) is 0 Å². The molecule has 0 aliphatic carbocycles. The number of fused-ring (bicyclic) bond motifs is 1. The third kappa shape index (κ3) is 2.59. The van der Waals surface area contributed by atoms with Crippen LogP contribution in [0.2, 0.25) is 0 Å². The van der Waals surface area contributed by atoms with Crippen molar-refractivity contribution < 1.29 is 9.66 Å². The van der Waals surface area contributed by atoms with Crippen LogP contribution < -0.4 is 4.74 Å². The summed E-state index contributed by atoms with van der Waals surface area (Å²) in [6, 6.07) is 14.3. The summed E-state index contributed by atoms with van der Waals surface area (Å²) in [4.78, 5) is 15.3. The van der Waals surface area contributed by atoms with Crippen molar-refractivity contribution in [3.8, 4) is 28.3 Å². The van der Waals surface area contributed by atoms with Crippen molar-refractivity contribution in [3.05, 3.63) is 71.0 Å². The van der Waals surface area contributed by atoms with E-state index in [2.05, 4.69) is 0 Å². The number of non-ortho nitro benzene ring substituents is 1. The largest absolute Gasteiger partial charge is 0.497 e. The third-order valence-corrected chi connectivity index (χ3v) is 4.35. The van der Waals surface area contributed by atoms with Gasteiger partial charge in [0.05, 0.1) is 23.4 Å². The Morgan fingerprint density at radius 2 is 1.85 bits per heavy atom. The number of hydrogen-bond acceptors (Lipinski definition) is 4. The molecule has 0 fully saturated rings. The quantitative estimate of drug-likeness (QED) is 0.414. The van der Waals surface area contributed by atoms with E-state index in [1.165, 1.54) is 6.07 Å². The Balaban J connectivity index is 1.78. The zero-order chi connectivity index (χ0) is 18.3. The van der Waals surface area contributed by atoms with E-state index in [9.17, 15) is 10.1 Å². The molecule has 0 aliphatic heterocycles. The molecule has 2 aromatic heterocycles. The molecule has 0 aliphatic rings. The molecule has 2 heterocycles. The van der Waals surface area contributed by atoms with Crippen LogP contribution in [-0.2, 0) is 7.05 Å². The van der Waals surface area contributed by atoms with E-state index in [0.29, 0.717) is 0 Å². The average molecular weight is 348 g/mol. The second-order valence-corrected chi connectivity index (χ2v) is 5.95. The maximum atomic E-state index is 11.0. The summed E-state index contributed by atoms with van der Waals surface area (Å²) in [5.41, 5.74) is 3.49. The lowest BCUT2D eigenvalue weighted by atomic mass is 10.1. The van der Waals surface area contributed by atoms with Crippen LogP contribution >= 0.6 is 0 Å². The van der Waals surface area contributed by atoms with Gasteiger partial charge in [0.15, 0.2) is 0 Å². The second-order valence-electron chi connectivity index (χ2n) is 5.95. The highest BCUT2D eigenvalue weighted by molar-refractivity contribution is 5.68. The minimum Gasteiger partial charge on any atom is -0.497 e. The third-order valence-electron chi connectivity index (χ3n) is 4.35. The number of imidazole rings is 2. The first-order valence-corrected chi connectivity index (χ1v) is 8.00. The molecular formula is C19H16N4O3. The summed E-state index contributed by atoms with van der Waals surface area (Å²) in [7, 11) is 3.53. The molecule has 7 nitrogen and oxygen atoms in total. The van der Waals surface area contributed by atoms with Gasteiger partial charge in [-0.15, -0.1) is 0 Å². The van der Waals surface area contributed by atoms with E-state index in [0.717, 1.165) is 34.0 Å². The van der Waals surface area contributed by atoms with Crippen LogP contribution in [0.15, 0.2) is 60.9 Å². The Bertz CT molecular complexity index is 1130. The number of nitrogens with zero attached hydrogens (tertiary/aromatic N) is 4. The van der Waals surface area contributed by atoms with Crippen molar-refractivity contribution in [1.82, 2.24) is 14.0 Å². The van der Waals surface area contributed by atoms with Crippen molar-refractivity contribution in [3.63, 3.8) is 0 Å². The van der Waals surface area contributed by atoms with E-state index >= 15 is 0 Å². The minimum absolute atomic E-state index is 0.0680. The predicted octanol–water partition coefficient (Wildman–Crippen LogP) is 3.92. The Morgan fingerprint density at radius 3 is 2.58 bits per heavy atom. The van der Waals surface area contributed by atoms with E-state index < -0.39 is 4.92 Å². The monoisotopic (exact) mass is 348 g/mol. The zero-order valence-corrected chi connectivity index (χ0v) is 14.3. The van der Waals surface area contributed by atoms with Crippen molar-refractivity contribution in [2.75, 3.05) is 7.11 Å².